The van der Waals surface area contributed by atoms with E-state index in [0.717, 1.165) is 0 Å². The van der Waals surface area contributed by atoms with Gasteiger partial charge in [0, 0.05) is 23.3 Å². The minimum atomic E-state index is -0.450. The molecule has 0 aliphatic carbocycles. The lowest BCUT2D eigenvalue weighted by molar-refractivity contribution is -0.131. The second kappa shape index (κ2) is 5.91. The number of benzene rings is 2. The number of esters is 1. The molecule has 21 heavy (non-hydrogen) atoms. The number of phenolic OH excluding ortho intramolecular Hbond substituents is 1. The third-order valence-electron chi connectivity index (χ3n) is 3.15. The van der Waals surface area contributed by atoms with Gasteiger partial charge in [0.25, 0.3) is 0 Å². The fourth-order valence-corrected chi connectivity index (χ4v) is 2.27. The largest absolute Gasteiger partial charge is 0.507 e. The van der Waals surface area contributed by atoms with Crippen molar-refractivity contribution in [2.45, 2.75) is 20.8 Å². The molecule has 0 amide bonds. The summed E-state index contributed by atoms with van der Waals surface area (Å²) in [6.07, 6.45) is 0. The van der Waals surface area contributed by atoms with Crippen LogP contribution in [0.3, 0.4) is 0 Å². The summed E-state index contributed by atoms with van der Waals surface area (Å²) in [5, 5.41) is 11.5. The van der Waals surface area contributed by atoms with Gasteiger partial charge in [0.2, 0.25) is 0 Å². The smallest absolute Gasteiger partial charge is 0.308 e. The molecule has 0 fully saturated rings. The van der Waals surface area contributed by atoms with Gasteiger partial charge in [-0.25, -0.2) is 0 Å². The molecule has 0 radical (unpaired) electrons. The summed E-state index contributed by atoms with van der Waals surface area (Å²) in [6.45, 7) is 5.43. The molecule has 112 valence electrons. The zero-order valence-corrected chi connectivity index (χ0v) is 12.5. The Bertz CT molecular complexity index is 691. The first-order chi connectivity index (χ1) is 9.99. The van der Waals surface area contributed by atoms with Gasteiger partial charge in [-0.15, -0.1) is 0 Å². The van der Waals surface area contributed by atoms with Crippen LogP contribution < -0.4 is 14.2 Å². The van der Waals surface area contributed by atoms with Gasteiger partial charge in [-0.05, 0) is 32.0 Å². The van der Waals surface area contributed by atoms with Gasteiger partial charge in [0.05, 0.1) is 13.7 Å². The second-order valence-electron chi connectivity index (χ2n) is 4.57. The van der Waals surface area contributed by atoms with E-state index in [-0.39, 0.29) is 5.75 Å². The zero-order chi connectivity index (χ0) is 15.6. The summed E-state index contributed by atoms with van der Waals surface area (Å²) in [5.74, 6) is 0.921. The van der Waals surface area contributed by atoms with Crippen molar-refractivity contribution in [3.05, 3.63) is 23.8 Å². The van der Waals surface area contributed by atoms with Crippen LogP contribution >= 0.6 is 0 Å². The van der Waals surface area contributed by atoms with E-state index < -0.39 is 5.97 Å². The average Bonchev–Trinajstić information content (AvgIpc) is 2.45. The van der Waals surface area contributed by atoms with Crippen molar-refractivity contribution in [1.29, 1.82) is 0 Å². The first kappa shape index (κ1) is 15.0. The number of ether oxygens (including phenoxy) is 3. The molecule has 2 aromatic rings. The third-order valence-corrected chi connectivity index (χ3v) is 3.15. The van der Waals surface area contributed by atoms with Crippen LogP contribution in [0.15, 0.2) is 18.2 Å². The first-order valence-corrected chi connectivity index (χ1v) is 6.64. The van der Waals surface area contributed by atoms with Crippen molar-refractivity contribution in [2.75, 3.05) is 13.7 Å². The molecule has 5 heteroatoms. The average molecular weight is 290 g/mol. The molecule has 5 nitrogen and oxygen atoms in total. The molecule has 1 N–H and O–H groups in total. The summed E-state index contributed by atoms with van der Waals surface area (Å²) in [5.41, 5.74) is 0.509. The Balaban J connectivity index is 2.78. The lowest BCUT2D eigenvalue weighted by atomic mass is 10.0. The third kappa shape index (κ3) is 2.72. The monoisotopic (exact) mass is 290 g/mol. The molecular weight excluding hydrogens is 272 g/mol. The van der Waals surface area contributed by atoms with Crippen molar-refractivity contribution in [3.63, 3.8) is 0 Å². The van der Waals surface area contributed by atoms with E-state index in [1.54, 1.807) is 25.1 Å². The Morgan fingerprint density at radius 1 is 1.24 bits per heavy atom. The summed E-state index contributed by atoms with van der Waals surface area (Å²) in [7, 11) is 1.47. The van der Waals surface area contributed by atoms with E-state index in [2.05, 4.69) is 0 Å². The van der Waals surface area contributed by atoms with Crippen molar-refractivity contribution in [3.8, 4) is 23.0 Å². The zero-order valence-electron chi connectivity index (χ0n) is 12.5. The van der Waals surface area contributed by atoms with E-state index in [1.165, 1.54) is 14.0 Å². The van der Waals surface area contributed by atoms with Gasteiger partial charge in [0.1, 0.15) is 11.5 Å². The van der Waals surface area contributed by atoms with Crippen LogP contribution in [-0.4, -0.2) is 24.8 Å². The lowest BCUT2D eigenvalue weighted by Gasteiger charge is -2.16. The molecule has 0 bridgehead atoms. The molecule has 2 rings (SSSR count). The maximum atomic E-state index is 11.3. The minimum absolute atomic E-state index is 0.0827. The number of phenols is 1. The van der Waals surface area contributed by atoms with Crippen LogP contribution in [0, 0.1) is 6.92 Å². The van der Waals surface area contributed by atoms with Gasteiger partial charge >= 0.3 is 5.97 Å². The van der Waals surface area contributed by atoms with Crippen LogP contribution in [0.1, 0.15) is 19.4 Å². The summed E-state index contributed by atoms with van der Waals surface area (Å²) < 4.78 is 16.0. The van der Waals surface area contributed by atoms with Crippen molar-refractivity contribution < 1.29 is 24.1 Å². The second-order valence-corrected chi connectivity index (χ2v) is 4.57. The van der Waals surface area contributed by atoms with Gasteiger partial charge < -0.3 is 19.3 Å². The highest BCUT2D eigenvalue weighted by atomic mass is 16.6. The quantitative estimate of drug-likeness (QED) is 0.692. The van der Waals surface area contributed by atoms with Gasteiger partial charge in [-0.2, -0.15) is 0 Å². The van der Waals surface area contributed by atoms with E-state index in [9.17, 15) is 9.90 Å². The fourth-order valence-electron chi connectivity index (χ4n) is 2.27. The van der Waals surface area contributed by atoms with E-state index in [4.69, 9.17) is 14.2 Å². The fraction of sp³-hybridized carbons (Fsp3) is 0.312. The van der Waals surface area contributed by atoms with Crippen LogP contribution in [-0.2, 0) is 4.79 Å². The van der Waals surface area contributed by atoms with Crippen LogP contribution in [0.4, 0.5) is 0 Å². The normalized spacial score (nSPS) is 10.5. The molecule has 0 spiro atoms. The highest BCUT2D eigenvalue weighted by Crippen LogP contribution is 2.45. The molecule has 0 saturated carbocycles. The Hall–Kier alpha value is -2.43. The predicted molar refractivity (Wildman–Crippen MR) is 79.4 cm³/mol. The first-order valence-electron chi connectivity index (χ1n) is 6.64. The lowest BCUT2D eigenvalue weighted by Crippen LogP contribution is -2.05. The number of aromatic hydroxyl groups is 1. The SMILES string of the molecule is CCOc1ccc2c(OC(C)=O)c(OC)c(C)c(O)c2c1. The molecule has 0 heterocycles. The summed E-state index contributed by atoms with van der Waals surface area (Å²) in [6, 6.07) is 5.21. The van der Waals surface area contributed by atoms with Crippen LogP contribution in [0.25, 0.3) is 10.8 Å². The van der Waals surface area contributed by atoms with Crippen molar-refractivity contribution in [2.24, 2.45) is 0 Å². The predicted octanol–water partition coefficient (Wildman–Crippen LogP) is 3.19. The van der Waals surface area contributed by atoms with E-state index in [1.807, 2.05) is 6.92 Å². The van der Waals surface area contributed by atoms with Crippen LogP contribution in [0.2, 0.25) is 0 Å². The molecule has 0 saturated heterocycles. The van der Waals surface area contributed by atoms with Gasteiger partial charge in [0.15, 0.2) is 11.5 Å². The van der Waals surface area contributed by atoms with Gasteiger partial charge in [-0.1, -0.05) is 0 Å². The highest BCUT2D eigenvalue weighted by Gasteiger charge is 2.20. The van der Waals surface area contributed by atoms with Gasteiger partial charge in [-0.3, -0.25) is 4.79 Å². The topological polar surface area (TPSA) is 65.0 Å². The Morgan fingerprint density at radius 2 is 1.95 bits per heavy atom. The maximum Gasteiger partial charge on any atom is 0.308 e. The number of carbonyl (C=O) groups excluding carboxylic acids is 1. The number of rotatable bonds is 4. The molecule has 0 atom stereocenters. The Kier molecular flexibility index (Phi) is 4.21. The minimum Gasteiger partial charge on any atom is -0.507 e. The number of hydrogen-bond donors (Lipinski definition) is 1. The number of carbonyl (C=O) groups is 1. The number of methoxy groups -OCH3 is 1. The summed E-state index contributed by atoms with van der Waals surface area (Å²) in [4.78, 5) is 11.3. The molecule has 0 aliphatic heterocycles. The van der Waals surface area contributed by atoms with Crippen molar-refractivity contribution in [1.82, 2.24) is 0 Å². The summed E-state index contributed by atoms with van der Waals surface area (Å²) >= 11 is 0. The highest BCUT2D eigenvalue weighted by molar-refractivity contribution is 5.99. The standard InChI is InChI=1S/C16H18O5/c1-5-20-11-6-7-12-13(8-11)14(18)9(2)15(19-4)16(12)21-10(3)17/h6-8,18H,5H2,1-4H3. The Morgan fingerprint density at radius 3 is 2.52 bits per heavy atom. The molecule has 0 aromatic heterocycles. The maximum absolute atomic E-state index is 11.3. The molecule has 0 aliphatic rings. The molecule has 2 aromatic carbocycles. The van der Waals surface area contributed by atoms with Crippen LogP contribution in [0.5, 0.6) is 23.0 Å². The number of fused-ring (bicyclic) bond motifs is 1. The Labute approximate surface area is 123 Å². The molecular formula is C16H18O5. The number of hydrogen-bond acceptors (Lipinski definition) is 5. The molecule has 0 unspecified atom stereocenters. The van der Waals surface area contributed by atoms with E-state index in [0.29, 0.717) is 40.2 Å². The van der Waals surface area contributed by atoms with E-state index >= 15 is 0 Å². The van der Waals surface area contributed by atoms with Crippen molar-refractivity contribution >= 4 is 16.7 Å².